The van der Waals surface area contributed by atoms with E-state index in [0.29, 0.717) is 5.92 Å². The van der Waals surface area contributed by atoms with Gasteiger partial charge in [-0.1, -0.05) is 99.9 Å². The van der Waals surface area contributed by atoms with Gasteiger partial charge in [0, 0.05) is 47.4 Å². The molecule has 8 heteroatoms. The average molecular weight is 846 g/mol. The Balaban J connectivity index is 0.000000397. The fraction of sp³-hybridized carbons (Fsp3) is 0.359. The minimum atomic E-state index is -1.35. The van der Waals surface area contributed by atoms with Crippen LogP contribution in [0.15, 0.2) is 66.7 Å². The van der Waals surface area contributed by atoms with Crippen LogP contribution >= 0.6 is 11.3 Å². The Morgan fingerprint density at radius 1 is 1.04 bits per heavy atom. The maximum atomic E-state index is 11.7. The minimum absolute atomic E-state index is 0. The van der Waals surface area contributed by atoms with Crippen molar-refractivity contribution in [1.82, 2.24) is 9.97 Å². The summed E-state index contributed by atoms with van der Waals surface area (Å²) in [4.78, 5) is 21.3. The molecule has 0 fully saturated rings. The van der Waals surface area contributed by atoms with Crippen LogP contribution in [0.4, 0.5) is 4.39 Å². The number of ketones is 1. The van der Waals surface area contributed by atoms with Crippen molar-refractivity contribution in [3.63, 3.8) is 0 Å². The smallest absolute Gasteiger partial charge is 0.189 e. The Hall–Kier alpha value is -3.03. The van der Waals surface area contributed by atoms with Crippen LogP contribution in [0.2, 0.25) is 19.6 Å². The molecule has 4 nitrogen and oxygen atoms in total. The van der Waals surface area contributed by atoms with E-state index < -0.39 is 20.5 Å². The third kappa shape index (κ3) is 8.71. The number of allylic oxidation sites excluding steroid dienone is 2. The molecule has 0 aliphatic rings. The van der Waals surface area contributed by atoms with Crippen LogP contribution in [0.1, 0.15) is 63.1 Å². The molecule has 0 atom stereocenters. The molecule has 5 rings (SSSR count). The number of aromatic nitrogens is 2. The molecule has 251 valence electrons. The largest absolute Gasteiger partial charge is 0.512 e. The van der Waals surface area contributed by atoms with E-state index in [1.54, 1.807) is 6.33 Å². The van der Waals surface area contributed by atoms with Crippen LogP contribution < -0.4 is 5.19 Å². The molecule has 0 aliphatic carbocycles. The van der Waals surface area contributed by atoms with Gasteiger partial charge in [-0.2, -0.15) is 0 Å². The molecule has 1 N–H and O–H groups in total. The van der Waals surface area contributed by atoms with Crippen molar-refractivity contribution in [3.05, 3.63) is 89.5 Å². The first-order chi connectivity index (χ1) is 21.8. The van der Waals surface area contributed by atoms with Crippen molar-refractivity contribution in [3.8, 4) is 21.7 Å². The first-order valence-corrected chi connectivity index (χ1v) is 20.4. The molecule has 0 unspecified atom stereocenters. The second-order valence-electron chi connectivity index (χ2n) is 13.3. The number of aliphatic hydroxyl groups is 1. The van der Waals surface area contributed by atoms with Crippen molar-refractivity contribution in [2.45, 2.75) is 79.9 Å². The van der Waals surface area contributed by atoms with Crippen molar-refractivity contribution in [1.29, 1.82) is 0 Å². The Bertz CT molecular complexity index is 1890. The molecule has 3 aromatic carbocycles. The number of carbonyl (C=O) groups excluding carboxylic acids is 1. The number of aryl methyl sites for hydroxylation is 2. The van der Waals surface area contributed by atoms with Gasteiger partial charge in [-0.3, -0.25) is 9.78 Å². The summed E-state index contributed by atoms with van der Waals surface area (Å²) in [5.74, 6) is -0.258. The molecule has 0 bridgehead atoms. The van der Waals surface area contributed by atoms with Crippen LogP contribution in [-0.4, -0.2) is 35.6 Å². The molecule has 0 saturated carbocycles. The number of hydrogen-bond acceptors (Lipinski definition) is 5. The SMILES string of the molecule is CCC(CC)/C(O)=C/C(=O)CF.Cc1cc([Si](C)(C)C)ccc1-c1sc2c(-c3[c-]c4ccccc4c(C(C)C)c3)ncnc2c1C.[Ir]. The minimum Gasteiger partial charge on any atom is -0.512 e. The zero-order valence-corrected chi connectivity index (χ0v) is 33.1. The summed E-state index contributed by atoms with van der Waals surface area (Å²) < 4.78 is 12.9. The molecular weight excluding hydrogens is 800 g/mol. The number of thiophene rings is 1. The third-order valence-corrected chi connectivity index (χ3v) is 11.9. The van der Waals surface area contributed by atoms with Crippen LogP contribution in [0.25, 0.3) is 42.7 Å². The number of carbonyl (C=O) groups is 1. The molecule has 0 saturated heterocycles. The van der Waals surface area contributed by atoms with Gasteiger partial charge in [-0.05, 0) is 49.3 Å². The quantitative estimate of drug-likeness (QED) is 0.0695. The van der Waals surface area contributed by atoms with Gasteiger partial charge in [0.05, 0.1) is 19.3 Å². The predicted molar refractivity (Wildman–Crippen MR) is 197 cm³/mol. The van der Waals surface area contributed by atoms with Gasteiger partial charge in [0.15, 0.2) is 12.5 Å². The molecular formula is C39H46FIrN2O2SSi-. The molecule has 47 heavy (non-hydrogen) atoms. The van der Waals surface area contributed by atoms with Gasteiger partial charge in [0.1, 0.15) is 6.33 Å². The fourth-order valence-corrected chi connectivity index (χ4v) is 8.34. The predicted octanol–water partition coefficient (Wildman–Crippen LogP) is 10.7. The van der Waals surface area contributed by atoms with Crippen molar-refractivity contribution < 1.29 is 34.4 Å². The number of hydrogen-bond donors (Lipinski definition) is 1. The summed E-state index contributed by atoms with van der Waals surface area (Å²) in [7, 11) is -1.35. The molecule has 2 heterocycles. The number of fused-ring (bicyclic) bond motifs is 2. The maximum Gasteiger partial charge on any atom is 0.189 e. The number of nitrogens with zero attached hydrogens (tertiary/aromatic N) is 2. The van der Waals surface area contributed by atoms with Crippen molar-refractivity contribution >= 4 is 51.4 Å². The summed E-state index contributed by atoms with van der Waals surface area (Å²) in [5.41, 5.74) is 8.29. The van der Waals surface area contributed by atoms with E-state index >= 15 is 0 Å². The Morgan fingerprint density at radius 2 is 1.72 bits per heavy atom. The van der Waals surface area contributed by atoms with E-state index in [1.807, 2.05) is 25.2 Å². The molecule has 2 aromatic heterocycles. The molecule has 0 spiro atoms. The zero-order valence-electron chi connectivity index (χ0n) is 28.9. The van der Waals surface area contributed by atoms with E-state index in [2.05, 4.69) is 102 Å². The van der Waals surface area contributed by atoms with Crippen molar-refractivity contribution in [2.75, 3.05) is 6.67 Å². The molecule has 0 aliphatic heterocycles. The number of halogens is 1. The van der Waals surface area contributed by atoms with E-state index in [4.69, 9.17) is 9.97 Å². The maximum absolute atomic E-state index is 11.7. The van der Waals surface area contributed by atoms with Gasteiger partial charge < -0.3 is 5.11 Å². The van der Waals surface area contributed by atoms with E-state index in [1.165, 1.54) is 37.7 Å². The fourth-order valence-electron chi connectivity index (χ4n) is 5.75. The van der Waals surface area contributed by atoms with Crippen molar-refractivity contribution in [2.24, 2.45) is 5.92 Å². The number of benzene rings is 3. The number of aliphatic hydroxyl groups excluding tert-OH is 1. The van der Waals surface area contributed by atoms with E-state index in [-0.39, 0.29) is 31.8 Å². The topological polar surface area (TPSA) is 63.1 Å². The van der Waals surface area contributed by atoms with Crippen LogP contribution in [0.5, 0.6) is 0 Å². The molecule has 0 amide bonds. The number of alkyl halides is 1. The average Bonchev–Trinajstić information content (AvgIpc) is 3.36. The van der Waals surface area contributed by atoms with Gasteiger partial charge >= 0.3 is 0 Å². The molecule has 1 radical (unpaired) electrons. The van der Waals surface area contributed by atoms with Crippen LogP contribution in [0.3, 0.4) is 0 Å². The normalized spacial score (nSPS) is 12.0. The molecule has 5 aromatic rings. The monoisotopic (exact) mass is 846 g/mol. The zero-order chi connectivity index (χ0) is 33.8. The first kappa shape index (κ1) is 38.4. The van der Waals surface area contributed by atoms with E-state index in [0.717, 1.165) is 45.8 Å². The second-order valence-corrected chi connectivity index (χ2v) is 19.4. The first-order valence-electron chi connectivity index (χ1n) is 16.1. The Labute approximate surface area is 297 Å². The summed E-state index contributed by atoms with van der Waals surface area (Å²) >= 11 is 1.81. The number of rotatable bonds is 9. The second kappa shape index (κ2) is 16.4. The van der Waals surface area contributed by atoms with Gasteiger partial charge in [0.25, 0.3) is 0 Å². The van der Waals surface area contributed by atoms with E-state index in [9.17, 15) is 14.3 Å². The summed E-state index contributed by atoms with van der Waals surface area (Å²) in [5, 5.41) is 13.2. The van der Waals surface area contributed by atoms with Crippen LogP contribution in [0, 0.1) is 25.8 Å². The Morgan fingerprint density at radius 3 is 2.32 bits per heavy atom. The van der Waals surface area contributed by atoms with Crippen LogP contribution in [-0.2, 0) is 24.9 Å². The van der Waals surface area contributed by atoms with Gasteiger partial charge in [0.2, 0.25) is 0 Å². The summed E-state index contributed by atoms with van der Waals surface area (Å²) in [6, 6.07) is 21.5. The summed E-state index contributed by atoms with van der Waals surface area (Å²) in [6.45, 7) is 18.9. The Kier molecular flexibility index (Phi) is 13.4. The summed E-state index contributed by atoms with van der Waals surface area (Å²) in [6.07, 6.45) is 4.22. The third-order valence-electron chi connectivity index (χ3n) is 8.57. The standard InChI is InChI=1S/C30H31N2SSi.C9H15FO2.Ir/c1-18(2)26-16-22(15-21-10-8-9-11-25(21)26)28-30-27(31-17-32-28)20(4)29(33-30)24-13-12-23(14-19(24)3)34(5,6)7;1-3-7(4-2)9(12)5-8(11)6-10;/h8-14,16-18H,1-7H3;5,7,12H,3-4,6H2,1-2H3;/q-1;;/b;9-5-;. The van der Waals surface area contributed by atoms with Gasteiger partial charge in [-0.15, -0.1) is 40.5 Å². The van der Waals surface area contributed by atoms with Gasteiger partial charge in [-0.25, -0.2) is 9.37 Å².